The van der Waals surface area contributed by atoms with Gasteiger partial charge in [0.05, 0.1) is 0 Å². The number of carbonyl (C=O) groups is 5. The maximum absolute atomic E-state index is 12.3. The first-order valence-electron chi connectivity index (χ1n) is 9.80. The Balaban J connectivity index is 1.82. The zero-order chi connectivity index (χ0) is 24.0. The fraction of sp³-hybridized carbons (Fsp3) is 0.611. The van der Waals surface area contributed by atoms with Crippen molar-refractivity contribution in [2.24, 2.45) is 0 Å². The number of nitrogens with one attached hydrogen (secondary N) is 3. The number of amides is 4. The van der Waals surface area contributed by atoms with Crippen LogP contribution in [-0.4, -0.2) is 98.8 Å². The highest BCUT2D eigenvalue weighted by Gasteiger charge is 2.50. The molecular formula is C18H26N4O10. The van der Waals surface area contributed by atoms with Crippen LogP contribution in [-0.2, 0) is 23.9 Å². The van der Waals surface area contributed by atoms with E-state index in [1.54, 1.807) is 0 Å². The molecule has 0 bridgehead atoms. The zero-order valence-corrected chi connectivity index (χ0v) is 17.0. The normalized spacial score (nSPS) is 26.2. The number of aliphatic hydroxyl groups excluding tert-OH is 2. The maximum atomic E-state index is 12.3. The van der Waals surface area contributed by atoms with Crippen molar-refractivity contribution in [1.29, 1.82) is 0 Å². The molecule has 0 radical (unpaired) electrons. The number of carboxylic acids is 2. The SMILES string of the molecule is C=C1CCN([C@@H]2O[C@H](C(=O)NCCC(=O)NC(CCC(=O)O)C(=O)O)[C@@H](O)[C@H]2O)C(=O)N1. The molecule has 178 valence electrons. The van der Waals surface area contributed by atoms with Gasteiger partial charge in [-0.15, -0.1) is 0 Å². The summed E-state index contributed by atoms with van der Waals surface area (Å²) in [5.41, 5.74) is 0.486. The van der Waals surface area contributed by atoms with Crippen molar-refractivity contribution < 1.29 is 49.1 Å². The number of aliphatic hydroxyl groups is 2. The highest BCUT2D eigenvalue weighted by Crippen LogP contribution is 2.26. The molecule has 2 saturated heterocycles. The van der Waals surface area contributed by atoms with Gasteiger partial charge in [-0.3, -0.25) is 19.3 Å². The molecule has 5 atom stereocenters. The molecular weight excluding hydrogens is 432 g/mol. The molecule has 14 heteroatoms. The molecule has 7 N–H and O–H groups in total. The summed E-state index contributed by atoms with van der Waals surface area (Å²) in [6, 6.07) is -1.98. The quantitative estimate of drug-likeness (QED) is 0.180. The summed E-state index contributed by atoms with van der Waals surface area (Å²) in [4.78, 5) is 59.0. The molecule has 0 saturated carbocycles. The third-order valence-corrected chi connectivity index (χ3v) is 4.93. The van der Waals surface area contributed by atoms with E-state index < -0.39 is 66.8 Å². The Morgan fingerprint density at radius 2 is 1.88 bits per heavy atom. The Morgan fingerprint density at radius 3 is 2.47 bits per heavy atom. The van der Waals surface area contributed by atoms with Gasteiger partial charge < -0.3 is 41.1 Å². The Labute approximate surface area is 182 Å². The van der Waals surface area contributed by atoms with Crippen molar-refractivity contribution in [2.75, 3.05) is 13.1 Å². The molecule has 2 fully saturated rings. The minimum Gasteiger partial charge on any atom is -0.481 e. The van der Waals surface area contributed by atoms with Gasteiger partial charge in [0.1, 0.15) is 18.2 Å². The molecule has 0 aliphatic carbocycles. The lowest BCUT2D eigenvalue weighted by molar-refractivity contribution is -0.143. The van der Waals surface area contributed by atoms with Crippen LogP contribution in [0.3, 0.4) is 0 Å². The fourth-order valence-corrected chi connectivity index (χ4v) is 3.21. The largest absolute Gasteiger partial charge is 0.481 e. The highest BCUT2D eigenvalue weighted by atomic mass is 16.6. The minimum absolute atomic E-state index is 0.167. The number of ether oxygens (including phenoxy) is 1. The van der Waals surface area contributed by atoms with Crippen LogP contribution in [0.2, 0.25) is 0 Å². The number of hydrogen-bond acceptors (Lipinski definition) is 8. The summed E-state index contributed by atoms with van der Waals surface area (Å²) in [7, 11) is 0. The van der Waals surface area contributed by atoms with Gasteiger partial charge in [0.25, 0.3) is 5.91 Å². The van der Waals surface area contributed by atoms with Crippen molar-refractivity contribution in [3.8, 4) is 0 Å². The molecule has 14 nitrogen and oxygen atoms in total. The standard InChI is InChI=1S/C18H26N4O10/c1-8-5-7-22(18(31)20-8)16-13(27)12(26)14(32-16)15(28)19-6-4-10(23)21-9(17(29)30)2-3-11(24)25/h9,12-14,16,26-27H,1-7H2,(H,19,28)(H,20,31)(H,21,23)(H,24,25)(H,29,30)/t9?,12-,13+,14-,16+/m0/s1. The van der Waals surface area contributed by atoms with Crippen molar-refractivity contribution >= 4 is 29.8 Å². The van der Waals surface area contributed by atoms with Crippen molar-refractivity contribution in [3.05, 3.63) is 12.3 Å². The Kier molecular flexibility index (Phi) is 8.51. The van der Waals surface area contributed by atoms with Gasteiger partial charge in [0.15, 0.2) is 12.3 Å². The predicted molar refractivity (Wildman–Crippen MR) is 104 cm³/mol. The molecule has 32 heavy (non-hydrogen) atoms. The van der Waals surface area contributed by atoms with E-state index in [4.69, 9.17) is 14.9 Å². The predicted octanol–water partition coefficient (Wildman–Crippen LogP) is -2.70. The molecule has 2 aliphatic heterocycles. The second-order valence-corrected chi connectivity index (χ2v) is 7.34. The number of nitrogens with zero attached hydrogens (tertiary/aromatic N) is 1. The third kappa shape index (κ3) is 6.38. The Morgan fingerprint density at radius 1 is 1.19 bits per heavy atom. The van der Waals surface area contributed by atoms with Crippen molar-refractivity contribution in [3.63, 3.8) is 0 Å². The summed E-state index contributed by atoms with van der Waals surface area (Å²) >= 11 is 0. The molecule has 2 aliphatic rings. The molecule has 2 heterocycles. The van der Waals surface area contributed by atoms with Crippen LogP contribution in [0.15, 0.2) is 12.3 Å². The number of rotatable bonds is 10. The summed E-state index contributed by atoms with van der Waals surface area (Å²) in [5, 5.41) is 45.0. The van der Waals surface area contributed by atoms with Gasteiger partial charge in [0.2, 0.25) is 5.91 Å². The van der Waals surface area contributed by atoms with Gasteiger partial charge in [-0.25, -0.2) is 9.59 Å². The Bertz CT molecular complexity index is 788. The average molecular weight is 458 g/mol. The molecule has 0 spiro atoms. The van der Waals surface area contributed by atoms with E-state index >= 15 is 0 Å². The second-order valence-electron chi connectivity index (χ2n) is 7.34. The number of carbonyl (C=O) groups excluding carboxylic acids is 3. The maximum Gasteiger partial charge on any atom is 0.326 e. The van der Waals surface area contributed by atoms with Gasteiger partial charge in [-0.1, -0.05) is 6.58 Å². The van der Waals surface area contributed by atoms with Crippen LogP contribution in [0.1, 0.15) is 25.7 Å². The van der Waals surface area contributed by atoms with Crippen LogP contribution < -0.4 is 16.0 Å². The summed E-state index contributed by atoms with van der Waals surface area (Å²) in [5.74, 6) is -4.18. The summed E-state index contributed by atoms with van der Waals surface area (Å²) in [6.45, 7) is 3.55. The second kappa shape index (κ2) is 10.9. The van der Waals surface area contributed by atoms with Gasteiger partial charge >= 0.3 is 18.0 Å². The number of urea groups is 1. The third-order valence-electron chi connectivity index (χ3n) is 4.93. The van der Waals surface area contributed by atoms with Crippen LogP contribution in [0.25, 0.3) is 0 Å². The molecule has 1 unspecified atom stereocenters. The van der Waals surface area contributed by atoms with E-state index in [9.17, 15) is 34.2 Å². The number of hydrogen-bond donors (Lipinski definition) is 7. The first-order valence-corrected chi connectivity index (χ1v) is 9.80. The van der Waals surface area contributed by atoms with Crippen LogP contribution in [0.4, 0.5) is 4.79 Å². The van der Waals surface area contributed by atoms with E-state index in [-0.39, 0.29) is 25.9 Å². The van der Waals surface area contributed by atoms with Crippen LogP contribution in [0.5, 0.6) is 0 Å². The average Bonchev–Trinajstić information content (AvgIpc) is 2.99. The van der Waals surface area contributed by atoms with Gasteiger partial charge in [-0.2, -0.15) is 0 Å². The lowest BCUT2D eigenvalue weighted by Gasteiger charge is -2.34. The van der Waals surface area contributed by atoms with E-state index in [1.807, 2.05) is 0 Å². The highest BCUT2D eigenvalue weighted by molar-refractivity contribution is 5.85. The lowest BCUT2D eigenvalue weighted by atomic mass is 10.1. The summed E-state index contributed by atoms with van der Waals surface area (Å²) < 4.78 is 5.39. The van der Waals surface area contributed by atoms with E-state index in [0.29, 0.717) is 12.1 Å². The first-order chi connectivity index (χ1) is 15.0. The molecule has 0 aromatic rings. The van der Waals surface area contributed by atoms with Gasteiger partial charge in [-0.05, 0) is 6.42 Å². The summed E-state index contributed by atoms with van der Waals surface area (Å²) in [6.07, 6.45) is -6.62. The topological polar surface area (TPSA) is 215 Å². The van der Waals surface area contributed by atoms with Crippen LogP contribution in [0, 0.1) is 0 Å². The van der Waals surface area contributed by atoms with E-state index in [1.165, 1.54) is 0 Å². The molecule has 0 aromatic heterocycles. The van der Waals surface area contributed by atoms with Crippen LogP contribution >= 0.6 is 0 Å². The molecule has 2 rings (SSSR count). The Hall–Kier alpha value is -3.23. The van der Waals surface area contributed by atoms with Crippen molar-refractivity contribution in [2.45, 2.75) is 56.3 Å². The minimum atomic E-state index is -1.63. The number of aliphatic carboxylic acids is 2. The van der Waals surface area contributed by atoms with E-state index in [2.05, 4.69) is 22.5 Å². The van der Waals surface area contributed by atoms with E-state index in [0.717, 1.165) is 4.90 Å². The number of carboxylic acid groups (broad SMARTS) is 2. The smallest absolute Gasteiger partial charge is 0.326 e. The molecule has 0 aromatic carbocycles. The van der Waals surface area contributed by atoms with Crippen molar-refractivity contribution in [1.82, 2.24) is 20.9 Å². The molecule has 4 amide bonds. The lowest BCUT2D eigenvalue weighted by Crippen LogP contribution is -2.54. The van der Waals surface area contributed by atoms with Gasteiger partial charge in [0, 0.05) is 38.0 Å². The first kappa shape index (κ1) is 25.0. The fourth-order valence-electron chi connectivity index (χ4n) is 3.21. The monoisotopic (exact) mass is 458 g/mol. The zero-order valence-electron chi connectivity index (χ0n) is 17.0.